The molecule has 1 aromatic heterocycles. The van der Waals surface area contributed by atoms with Crippen LogP contribution >= 0.6 is 11.3 Å². The second-order valence-electron chi connectivity index (χ2n) is 5.46. The first-order valence-electron chi connectivity index (χ1n) is 7.16. The highest BCUT2D eigenvalue weighted by atomic mass is 32.2. The fourth-order valence-corrected chi connectivity index (χ4v) is 3.91. The number of aryl methyl sites for hydroxylation is 1. The van der Waals surface area contributed by atoms with Crippen molar-refractivity contribution in [3.63, 3.8) is 0 Å². The molecule has 0 saturated carbocycles. The van der Waals surface area contributed by atoms with Crippen LogP contribution in [0, 0.1) is 6.92 Å². The molecule has 0 aliphatic carbocycles. The van der Waals surface area contributed by atoms with Crippen molar-refractivity contribution in [1.29, 1.82) is 0 Å². The Hall–Kier alpha value is -1.56. The van der Waals surface area contributed by atoms with Crippen LogP contribution in [0.4, 0.5) is 0 Å². The average Bonchev–Trinajstić information content (AvgIpc) is 2.91. The Morgan fingerprint density at radius 1 is 1.54 bits per heavy atom. The highest BCUT2D eigenvalue weighted by Gasteiger charge is 2.31. The summed E-state index contributed by atoms with van der Waals surface area (Å²) in [5.41, 5.74) is 2.25. The minimum atomic E-state index is -3.69. The van der Waals surface area contributed by atoms with Crippen LogP contribution in [0.3, 0.4) is 0 Å². The van der Waals surface area contributed by atoms with Gasteiger partial charge in [-0.1, -0.05) is 0 Å². The number of carboxylic acids is 1. The summed E-state index contributed by atoms with van der Waals surface area (Å²) in [6.07, 6.45) is 0.368. The van der Waals surface area contributed by atoms with Gasteiger partial charge in [0, 0.05) is 19.6 Å². The van der Waals surface area contributed by atoms with Gasteiger partial charge in [-0.25, -0.2) is 13.4 Å². The van der Waals surface area contributed by atoms with E-state index < -0.39 is 28.6 Å². The molecular weight excluding hydrogens is 358 g/mol. The Labute approximate surface area is 143 Å². The highest BCUT2D eigenvalue weighted by molar-refractivity contribution is 7.88. The number of sulfonamides is 1. The second kappa shape index (κ2) is 7.55. The van der Waals surface area contributed by atoms with Crippen LogP contribution in [0.1, 0.15) is 15.4 Å². The van der Waals surface area contributed by atoms with Crippen LogP contribution in [0.2, 0.25) is 0 Å². The second-order valence-corrected chi connectivity index (χ2v) is 8.30. The number of carbonyl (C=O) groups excluding carboxylic acids is 1. The van der Waals surface area contributed by atoms with E-state index in [0.717, 1.165) is 10.6 Å². The number of hydrogen-bond acceptors (Lipinski definition) is 7. The van der Waals surface area contributed by atoms with Gasteiger partial charge in [-0.2, -0.15) is 4.31 Å². The van der Waals surface area contributed by atoms with Gasteiger partial charge in [0.2, 0.25) is 10.0 Å². The van der Waals surface area contributed by atoms with Crippen LogP contribution in [-0.2, 0) is 19.6 Å². The number of carbonyl (C=O) groups is 2. The SMILES string of the molecule is Cc1ncsc1C(=O)N1CCOC(CN(CC(=O)O)S(C)(=O)=O)C1. The largest absolute Gasteiger partial charge is 0.480 e. The smallest absolute Gasteiger partial charge is 0.318 e. The minimum absolute atomic E-state index is 0.114. The fourth-order valence-electron chi connectivity index (χ4n) is 2.36. The van der Waals surface area contributed by atoms with Crippen molar-refractivity contribution in [2.24, 2.45) is 0 Å². The van der Waals surface area contributed by atoms with Crippen LogP contribution in [0.15, 0.2) is 5.51 Å². The molecule has 1 aliphatic heterocycles. The Morgan fingerprint density at radius 2 is 2.25 bits per heavy atom. The van der Waals surface area contributed by atoms with Gasteiger partial charge >= 0.3 is 5.97 Å². The molecule has 1 unspecified atom stereocenters. The van der Waals surface area contributed by atoms with E-state index in [2.05, 4.69) is 4.98 Å². The van der Waals surface area contributed by atoms with E-state index in [4.69, 9.17) is 9.84 Å². The van der Waals surface area contributed by atoms with Crippen LogP contribution < -0.4 is 0 Å². The summed E-state index contributed by atoms with van der Waals surface area (Å²) in [5.74, 6) is -1.42. The summed E-state index contributed by atoms with van der Waals surface area (Å²) < 4.78 is 29.8. The highest BCUT2D eigenvalue weighted by Crippen LogP contribution is 2.18. The van der Waals surface area contributed by atoms with Gasteiger partial charge in [-0.15, -0.1) is 11.3 Å². The molecule has 134 valence electrons. The third-order valence-corrected chi connectivity index (χ3v) is 5.69. The van der Waals surface area contributed by atoms with E-state index in [9.17, 15) is 18.0 Å². The maximum absolute atomic E-state index is 12.5. The maximum atomic E-state index is 12.5. The van der Waals surface area contributed by atoms with Crippen LogP contribution in [0.5, 0.6) is 0 Å². The number of carboxylic acid groups (broad SMARTS) is 1. The Morgan fingerprint density at radius 3 is 2.79 bits per heavy atom. The summed E-state index contributed by atoms with van der Waals surface area (Å²) in [6, 6.07) is 0. The van der Waals surface area contributed by atoms with Crippen molar-refractivity contribution >= 4 is 33.2 Å². The van der Waals surface area contributed by atoms with Crippen LogP contribution in [0.25, 0.3) is 0 Å². The van der Waals surface area contributed by atoms with E-state index in [0.29, 0.717) is 17.1 Å². The van der Waals surface area contributed by atoms with Crippen molar-refractivity contribution in [2.45, 2.75) is 13.0 Å². The normalized spacial score (nSPS) is 18.8. The molecule has 24 heavy (non-hydrogen) atoms. The number of morpholine rings is 1. The van der Waals surface area contributed by atoms with E-state index >= 15 is 0 Å². The number of rotatable bonds is 6. The van der Waals surface area contributed by atoms with Crippen molar-refractivity contribution in [2.75, 3.05) is 39.0 Å². The summed E-state index contributed by atoms with van der Waals surface area (Å²) in [7, 11) is -3.69. The molecule has 0 bridgehead atoms. The van der Waals surface area contributed by atoms with Gasteiger partial charge in [0.05, 0.1) is 30.2 Å². The molecule has 2 heterocycles. The van der Waals surface area contributed by atoms with Crippen molar-refractivity contribution < 1.29 is 27.9 Å². The fraction of sp³-hybridized carbons (Fsp3) is 0.615. The van der Waals surface area contributed by atoms with Gasteiger partial charge in [-0.3, -0.25) is 9.59 Å². The van der Waals surface area contributed by atoms with Gasteiger partial charge < -0.3 is 14.7 Å². The molecule has 1 saturated heterocycles. The third-order valence-electron chi connectivity index (χ3n) is 3.55. The quantitative estimate of drug-likeness (QED) is 0.719. The van der Waals surface area contributed by atoms with Gasteiger partial charge in [0.25, 0.3) is 5.91 Å². The van der Waals surface area contributed by atoms with Gasteiger partial charge in [0.15, 0.2) is 0 Å². The maximum Gasteiger partial charge on any atom is 0.318 e. The number of aromatic nitrogens is 1. The van der Waals surface area contributed by atoms with Gasteiger partial charge in [0.1, 0.15) is 11.4 Å². The molecule has 1 aliphatic rings. The van der Waals surface area contributed by atoms with E-state index in [1.54, 1.807) is 17.3 Å². The summed E-state index contributed by atoms with van der Waals surface area (Å²) in [6.45, 7) is 1.85. The molecule has 1 amide bonds. The Kier molecular flexibility index (Phi) is 5.91. The van der Waals surface area contributed by atoms with Crippen molar-refractivity contribution in [3.8, 4) is 0 Å². The number of amides is 1. The predicted molar refractivity (Wildman–Crippen MR) is 86.5 cm³/mol. The molecule has 1 fully saturated rings. The molecule has 0 spiro atoms. The first kappa shape index (κ1) is 18.8. The molecule has 1 atom stereocenters. The lowest BCUT2D eigenvalue weighted by atomic mass is 10.2. The standard InChI is InChI=1S/C13H19N3O6S2/c1-9-12(23-8-14-9)13(19)15-3-4-22-10(5-15)6-16(7-11(17)18)24(2,20)21/h8,10H,3-7H2,1-2H3,(H,17,18). The molecule has 0 radical (unpaired) electrons. The first-order chi connectivity index (χ1) is 11.2. The van der Waals surface area contributed by atoms with Crippen LogP contribution in [-0.4, -0.2) is 84.7 Å². The zero-order chi connectivity index (χ0) is 17.9. The summed E-state index contributed by atoms with van der Waals surface area (Å²) in [4.78, 5) is 29.5. The number of hydrogen-bond donors (Lipinski definition) is 1. The zero-order valence-electron chi connectivity index (χ0n) is 13.3. The van der Waals surface area contributed by atoms with Gasteiger partial charge in [-0.05, 0) is 6.92 Å². The molecule has 0 aromatic carbocycles. The third kappa shape index (κ3) is 4.72. The van der Waals surface area contributed by atoms with E-state index in [1.165, 1.54) is 11.3 Å². The predicted octanol–water partition coefficient (Wildman–Crippen LogP) is -0.361. The zero-order valence-corrected chi connectivity index (χ0v) is 15.0. The molecule has 1 aromatic rings. The number of nitrogens with zero attached hydrogens (tertiary/aromatic N) is 3. The van der Waals surface area contributed by atoms with E-state index in [-0.39, 0.29) is 25.6 Å². The molecule has 1 N–H and O–H groups in total. The monoisotopic (exact) mass is 377 g/mol. The molecule has 2 rings (SSSR count). The lowest BCUT2D eigenvalue weighted by molar-refractivity contribution is -0.137. The average molecular weight is 377 g/mol. The summed E-state index contributed by atoms with van der Waals surface area (Å²) >= 11 is 1.25. The lowest BCUT2D eigenvalue weighted by Crippen LogP contribution is -2.51. The Balaban J connectivity index is 2.05. The Bertz CT molecular complexity index is 717. The first-order valence-corrected chi connectivity index (χ1v) is 9.89. The minimum Gasteiger partial charge on any atom is -0.480 e. The number of aliphatic carboxylic acids is 1. The van der Waals surface area contributed by atoms with Crippen molar-refractivity contribution in [3.05, 3.63) is 16.1 Å². The topological polar surface area (TPSA) is 117 Å². The lowest BCUT2D eigenvalue weighted by Gasteiger charge is -2.34. The molecular formula is C13H19N3O6S2. The summed E-state index contributed by atoms with van der Waals surface area (Å²) in [5, 5.41) is 8.86. The number of ether oxygens (including phenoxy) is 1. The van der Waals surface area contributed by atoms with Crippen molar-refractivity contribution in [1.82, 2.24) is 14.2 Å². The molecule has 9 nitrogen and oxygen atoms in total. The van der Waals surface area contributed by atoms with E-state index in [1.807, 2.05) is 0 Å². The molecule has 11 heteroatoms. The number of thiazole rings is 1.